The predicted octanol–water partition coefficient (Wildman–Crippen LogP) is 5.63. The number of nitrogens with one attached hydrogen (secondary N) is 1. The van der Waals surface area contributed by atoms with E-state index in [2.05, 4.69) is 34.6 Å². The lowest BCUT2D eigenvalue weighted by Gasteiger charge is -2.05. The Labute approximate surface area is 143 Å². The van der Waals surface area contributed by atoms with Gasteiger partial charge in [0.1, 0.15) is 0 Å². The normalized spacial score (nSPS) is 11.6. The van der Waals surface area contributed by atoms with E-state index in [1.165, 1.54) is 5.56 Å². The van der Waals surface area contributed by atoms with Crippen LogP contribution in [0.2, 0.25) is 0 Å². The highest BCUT2D eigenvalue weighted by Crippen LogP contribution is 2.13. The molecule has 0 atom stereocenters. The number of nitrogens with zero attached hydrogens (tertiary/aromatic N) is 1. The lowest BCUT2D eigenvalue weighted by Crippen LogP contribution is -1.97. The molecule has 0 saturated carbocycles. The molecule has 2 nitrogen and oxygen atoms in total. The van der Waals surface area contributed by atoms with E-state index < -0.39 is 0 Å². The maximum absolute atomic E-state index is 4.58. The number of para-hydroxylation sites is 2. The SMILES string of the molecule is C(=Nc1ccccc1)/C(=C/Nc1ccccc1)Cc1ccccc1. The zero-order valence-corrected chi connectivity index (χ0v) is 13.5. The fourth-order valence-electron chi connectivity index (χ4n) is 2.35. The first-order valence-corrected chi connectivity index (χ1v) is 8.04. The highest BCUT2D eigenvalue weighted by molar-refractivity contribution is 5.82. The Bertz CT molecular complexity index is 791. The van der Waals surface area contributed by atoms with Crippen molar-refractivity contribution in [3.63, 3.8) is 0 Å². The van der Waals surface area contributed by atoms with E-state index in [0.29, 0.717) is 0 Å². The zero-order chi connectivity index (χ0) is 16.5. The second kappa shape index (κ2) is 8.49. The predicted molar refractivity (Wildman–Crippen MR) is 103 cm³/mol. The molecule has 0 aliphatic heterocycles. The van der Waals surface area contributed by atoms with E-state index in [9.17, 15) is 0 Å². The zero-order valence-electron chi connectivity index (χ0n) is 13.5. The summed E-state index contributed by atoms with van der Waals surface area (Å²) in [6.45, 7) is 0. The van der Waals surface area contributed by atoms with E-state index in [0.717, 1.165) is 23.4 Å². The van der Waals surface area contributed by atoms with Crippen LogP contribution in [0.5, 0.6) is 0 Å². The standard InChI is InChI=1S/C22H20N2/c1-4-10-19(11-5-1)16-20(17-23-21-12-6-2-7-13-21)18-24-22-14-8-3-9-15-22/h1-15,17-18,23H,16H2/b20-17+,24-18?. The molecule has 0 saturated heterocycles. The quantitative estimate of drug-likeness (QED) is 0.586. The van der Waals surface area contributed by atoms with Gasteiger partial charge in [-0.05, 0) is 35.4 Å². The van der Waals surface area contributed by atoms with Crippen molar-refractivity contribution in [2.24, 2.45) is 4.99 Å². The minimum absolute atomic E-state index is 0.830. The Morgan fingerprint density at radius 2 is 1.33 bits per heavy atom. The van der Waals surface area contributed by atoms with Gasteiger partial charge in [0, 0.05) is 24.5 Å². The van der Waals surface area contributed by atoms with Crippen LogP contribution in [0.4, 0.5) is 11.4 Å². The molecule has 0 unspecified atom stereocenters. The molecule has 24 heavy (non-hydrogen) atoms. The van der Waals surface area contributed by atoms with Crippen LogP contribution >= 0.6 is 0 Å². The molecule has 0 radical (unpaired) electrons. The number of allylic oxidation sites excluding steroid dienone is 1. The smallest absolute Gasteiger partial charge is 0.0629 e. The van der Waals surface area contributed by atoms with Crippen molar-refractivity contribution in [1.29, 1.82) is 0 Å². The van der Waals surface area contributed by atoms with Crippen molar-refractivity contribution in [2.45, 2.75) is 6.42 Å². The van der Waals surface area contributed by atoms with Crippen LogP contribution in [0.15, 0.2) is 108 Å². The average Bonchev–Trinajstić information content (AvgIpc) is 2.66. The largest absolute Gasteiger partial charge is 0.361 e. The van der Waals surface area contributed by atoms with Gasteiger partial charge in [-0.1, -0.05) is 66.7 Å². The number of hydrogen-bond donors (Lipinski definition) is 1. The molecule has 0 aliphatic carbocycles. The lowest BCUT2D eigenvalue weighted by molar-refractivity contribution is 1.22. The molecule has 3 rings (SSSR count). The Morgan fingerprint density at radius 3 is 2.00 bits per heavy atom. The molecule has 3 aromatic rings. The monoisotopic (exact) mass is 312 g/mol. The van der Waals surface area contributed by atoms with Crippen molar-refractivity contribution in [3.8, 4) is 0 Å². The summed E-state index contributed by atoms with van der Waals surface area (Å²) in [6.07, 6.45) is 4.78. The summed E-state index contributed by atoms with van der Waals surface area (Å²) >= 11 is 0. The molecule has 3 aromatic carbocycles. The summed E-state index contributed by atoms with van der Waals surface area (Å²) in [4.78, 5) is 4.58. The maximum Gasteiger partial charge on any atom is 0.0629 e. The molecule has 0 bridgehead atoms. The molecule has 0 heterocycles. The fourth-order valence-corrected chi connectivity index (χ4v) is 2.35. The third-order valence-electron chi connectivity index (χ3n) is 3.58. The number of aliphatic imine (C=N–C) groups is 1. The maximum atomic E-state index is 4.58. The van der Waals surface area contributed by atoms with Crippen LogP contribution in [-0.2, 0) is 6.42 Å². The van der Waals surface area contributed by atoms with E-state index in [4.69, 9.17) is 0 Å². The van der Waals surface area contributed by atoms with Gasteiger partial charge in [0.25, 0.3) is 0 Å². The topological polar surface area (TPSA) is 24.4 Å². The van der Waals surface area contributed by atoms with Crippen molar-refractivity contribution < 1.29 is 0 Å². The summed E-state index contributed by atoms with van der Waals surface area (Å²) in [5, 5.41) is 3.35. The highest BCUT2D eigenvalue weighted by atomic mass is 14.8. The summed E-state index contributed by atoms with van der Waals surface area (Å²) in [6, 6.07) is 30.6. The minimum Gasteiger partial charge on any atom is -0.361 e. The summed E-state index contributed by atoms with van der Waals surface area (Å²) < 4.78 is 0. The van der Waals surface area contributed by atoms with Crippen LogP contribution in [0.25, 0.3) is 0 Å². The van der Waals surface area contributed by atoms with Gasteiger partial charge in [0.2, 0.25) is 0 Å². The Kier molecular flexibility index (Phi) is 5.57. The second-order valence-corrected chi connectivity index (χ2v) is 5.49. The van der Waals surface area contributed by atoms with Gasteiger partial charge in [0.15, 0.2) is 0 Å². The first-order valence-electron chi connectivity index (χ1n) is 8.04. The Hall–Kier alpha value is -3.13. The van der Waals surface area contributed by atoms with E-state index in [1.807, 2.05) is 79.1 Å². The third kappa shape index (κ3) is 4.96. The van der Waals surface area contributed by atoms with Gasteiger partial charge in [-0.3, -0.25) is 4.99 Å². The van der Waals surface area contributed by atoms with E-state index in [1.54, 1.807) is 0 Å². The first kappa shape index (κ1) is 15.8. The third-order valence-corrected chi connectivity index (χ3v) is 3.58. The molecule has 0 amide bonds. The lowest BCUT2D eigenvalue weighted by atomic mass is 10.1. The van der Waals surface area contributed by atoms with Crippen LogP contribution < -0.4 is 5.32 Å². The second-order valence-electron chi connectivity index (χ2n) is 5.49. The summed E-state index contributed by atoms with van der Waals surface area (Å²) in [7, 11) is 0. The fraction of sp³-hybridized carbons (Fsp3) is 0.0455. The Balaban J connectivity index is 1.78. The molecule has 1 N–H and O–H groups in total. The van der Waals surface area contributed by atoms with Crippen molar-refractivity contribution >= 4 is 17.6 Å². The highest BCUT2D eigenvalue weighted by Gasteiger charge is 1.98. The molecule has 0 aliphatic rings. The molecule has 2 heteroatoms. The minimum atomic E-state index is 0.830. The van der Waals surface area contributed by atoms with Crippen molar-refractivity contribution in [3.05, 3.63) is 108 Å². The van der Waals surface area contributed by atoms with Gasteiger partial charge in [-0.25, -0.2) is 0 Å². The average molecular weight is 312 g/mol. The van der Waals surface area contributed by atoms with Crippen LogP contribution in [0.3, 0.4) is 0 Å². The number of hydrogen-bond acceptors (Lipinski definition) is 2. The summed E-state index contributed by atoms with van der Waals surface area (Å²) in [5.41, 5.74) is 4.40. The molecule has 118 valence electrons. The van der Waals surface area contributed by atoms with E-state index in [-0.39, 0.29) is 0 Å². The van der Waals surface area contributed by atoms with Gasteiger partial charge >= 0.3 is 0 Å². The van der Waals surface area contributed by atoms with Crippen molar-refractivity contribution in [2.75, 3.05) is 5.32 Å². The molecule has 0 aromatic heterocycles. The number of rotatable bonds is 6. The van der Waals surface area contributed by atoms with Gasteiger partial charge in [-0.15, -0.1) is 0 Å². The number of anilines is 1. The Morgan fingerprint density at radius 1 is 0.750 bits per heavy atom. The first-order chi connectivity index (χ1) is 11.9. The van der Waals surface area contributed by atoms with Gasteiger partial charge in [0.05, 0.1) is 5.69 Å². The number of benzene rings is 3. The van der Waals surface area contributed by atoms with Gasteiger partial charge in [-0.2, -0.15) is 0 Å². The summed E-state index contributed by atoms with van der Waals surface area (Å²) in [5.74, 6) is 0. The molecular formula is C22H20N2. The molecule has 0 fully saturated rings. The molecule has 0 spiro atoms. The molecular weight excluding hydrogens is 292 g/mol. The van der Waals surface area contributed by atoms with Gasteiger partial charge < -0.3 is 5.32 Å². The van der Waals surface area contributed by atoms with Crippen LogP contribution in [0.1, 0.15) is 5.56 Å². The van der Waals surface area contributed by atoms with Crippen LogP contribution in [0, 0.1) is 0 Å². The van der Waals surface area contributed by atoms with E-state index >= 15 is 0 Å². The van der Waals surface area contributed by atoms with Crippen molar-refractivity contribution in [1.82, 2.24) is 0 Å². The van der Waals surface area contributed by atoms with Crippen LogP contribution in [-0.4, -0.2) is 6.21 Å².